The van der Waals surface area contributed by atoms with Gasteiger partial charge >= 0.3 is 0 Å². The number of aromatic nitrogens is 1. The maximum absolute atomic E-state index is 2.33. The molecular weight excluding hydrogens is 242 g/mol. The second kappa shape index (κ2) is 5.78. The van der Waals surface area contributed by atoms with Gasteiger partial charge in [-0.3, -0.25) is 0 Å². The molecular formula is C19H24N+. The van der Waals surface area contributed by atoms with E-state index in [2.05, 4.69) is 61.1 Å². The van der Waals surface area contributed by atoms with Crippen molar-refractivity contribution in [1.29, 1.82) is 0 Å². The van der Waals surface area contributed by atoms with Crippen molar-refractivity contribution in [3.8, 4) is 11.3 Å². The Kier molecular flexibility index (Phi) is 3.86. The molecule has 1 fully saturated rings. The molecule has 3 rings (SSSR count). The summed E-state index contributed by atoms with van der Waals surface area (Å²) in [5, 5.41) is 0. The predicted molar refractivity (Wildman–Crippen MR) is 83.5 cm³/mol. The number of hydrogen-bond donors (Lipinski definition) is 0. The molecule has 0 unspecified atom stereocenters. The molecule has 104 valence electrons. The summed E-state index contributed by atoms with van der Waals surface area (Å²) in [6.07, 6.45) is 9.05. The lowest BCUT2D eigenvalue weighted by Gasteiger charge is -2.14. The maximum atomic E-state index is 2.33. The minimum atomic E-state index is 0.893. The summed E-state index contributed by atoms with van der Waals surface area (Å²) >= 11 is 0. The minimum Gasteiger partial charge on any atom is -0.201 e. The van der Waals surface area contributed by atoms with Crippen LogP contribution in [0.15, 0.2) is 42.6 Å². The number of benzene rings is 1. The van der Waals surface area contributed by atoms with Gasteiger partial charge in [-0.15, -0.1) is 0 Å². The molecule has 0 atom stereocenters. The van der Waals surface area contributed by atoms with Crippen molar-refractivity contribution in [3.05, 3.63) is 53.7 Å². The summed E-state index contributed by atoms with van der Waals surface area (Å²) in [7, 11) is 2.14. The monoisotopic (exact) mass is 266 g/mol. The zero-order valence-electron chi connectivity index (χ0n) is 12.6. The van der Waals surface area contributed by atoms with Gasteiger partial charge in [0.15, 0.2) is 6.20 Å². The van der Waals surface area contributed by atoms with Crippen LogP contribution in [0.1, 0.15) is 36.8 Å². The lowest BCUT2D eigenvalue weighted by atomic mass is 9.90. The molecule has 0 saturated heterocycles. The van der Waals surface area contributed by atoms with E-state index in [0.717, 1.165) is 5.92 Å². The lowest BCUT2D eigenvalue weighted by Crippen LogP contribution is -2.30. The van der Waals surface area contributed by atoms with Gasteiger partial charge in [0.2, 0.25) is 5.69 Å². The molecule has 1 aliphatic rings. The van der Waals surface area contributed by atoms with Crippen LogP contribution < -0.4 is 4.57 Å². The zero-order chi connectivity index (χ0) is 13.9. The molecule has 0 aliphatic heterocycles. The molecule has 0 radical (unpaired) electrons. The third kappa shape index (κ3) is 2.63. The van der Waals surface area contributed by atoms with Gasteiger partial charge in [0.1, 0.15) is 7.05 Å². The Hall–Kier alpha value is -1.63. The molecule has 0 N–H and O–H groups in total. The largest absolute Gasteiger partial charge is 0.212 e. The fourth-order valence-corrected chi connectivity index (χ4v) is 3.57. The molecule has 1 aliphatic carbocycles. The van der Waals surface area contributed by atoms with E-state index in [1.165, 1.54) is 54.5 Å². The minimum absolute atomic E-state index is 0.893. The van der Waals surface area contributed by atoms with Crippen LogP contribution in [0.2, 0.25) is 0 Å². The number of hydrogen-bond acceptors (Lipinski definition) is 0. The van der Waals surface area contributed by atoms with Crippen LogP contribution in [0.25, 0.3) is 11.3 Å². The van der Waals surface area contributed by atoms with E-state index in [0.29, 0.717) is 0 Å². The zero-order valence-corrected chi connectivity index (χ0v) is 12.6. The molecule has 0 spiro atoms. The van der Waals surface area contributed by atoms with Crippen molar-refractivity contribution in [2.24, 2.45) is 13.0 Å². The normalized spacial score (nSPS) is 15.7. The summed E-state index contributed by atoms with van der Waals surface area (Å²) in [5.74, 6) is 0.893. The Bertz CT molecular complexity index is 594. The van der Waals surface area contributed by atoms with Crippen LogP contribution >= 0.6 is 0 Å². The van der Waals surface area contributed by atoms with Crippen LogP contribution in [-0.4, -0.2) is 0 Å². The van der Waals surface area contributed by atoms with Gasteiger partial charge in [-0.2, -0.15) is 0 Å². The average molecular weight is 266 g/mol. The molecule has 1 nitrogen and oxygen atoms in total. The van der Waals surface area contributed by atoms with Gasteiger partial charge in [0, 0.05) is 12.1 Å². The van der Waals surface area contributed by atoms with Crippen LogP contribution in [-0.2, 0) is 13.5 Å². The first kappa shape index (κ1) is 13.4. The molecule has 1 aromatic heterocycles. The molecule has 0 bridgehead atoms. The lowest BCUT2D eigenvalue weighted by molar-refractivity contribution is -0.660. The molecule has 20 heavy (non-hydrogen) atoms. The van der Waals surface area contributed by atoms with E-state index < -0.39 is 0 Å². The molecule has 1 heterocycles. The highest BCUT2D eigenvalue weighted by Gasteiger charge is 2.20. The Balaban J connectivity index is 2.02. The number of nitrogens with zero attached hydrogens (tertiary/aromatic N) is 1. The van der Waals surface area contributed by atoms with E-state index in [-0.39, 0.29) is 0 Å². The van der Waals surface area contributed by atoms with Gasteiger partial charge in [-0.25, -0.2) is 4.57 Å². The van der Waals surface area contributed by atoms with Crippen LogP contribution in [0.5, 0.6) is 0 Å². The average Bonchev–Trinajstić information content (AvgIpc) is 2.93. The van der Waals surface area contributed by atoms with E-state index >= 15 is 0 Å². The Morgan fingerprint density at radius 2 is 1.85 bits per heavy atom. The molecule has 1 aromatic carbocycles. The van der Waals surface area contributed by atoms with Crippen molar-refractivity contribution in [2.45, 2.75) is 39.0 Å². The van der Waals surface area contributed by atoms with Crippen molar-refractivity contribution in [2.75, 3.05) is 0 Å². The molecule has 1 saturated carbocycles. The summed E-state index contributed by atoms with van der Waals surface area (Å²) in [4.78, 5) is 0. The maximum Gasteiger partial charge on any atom is 0.212 e. The van der Waals surface area contributed by atoms with Gasteiger partial charge in [-0.05, 0) is 36.5 Å². The first-order valence-electron chi connectivity index (χ1n) is 7.79. The predicted octanol–water partition coefficient (Wildman–Crippen LogP) is 4.22. The van der Waals surface area contributed by atoms with Crippen LogP contribution in [0, 0.1) is 12.8 Å². The van der Waals surface area contributed by atoms with E-state index in [4.69, 9.17) is 0 Å². The summed E-state index contributed by atoms with van der Waals surface area (Å²) in [5.41, 5.74) is 5.70. The van der Waals surface area contributed by atoms with E-state index in [1.807, 2.05) is 0 Å². The quantitative estimate of drug-likeness (QED) is 0.732. The first-order valence-corrected chi connectivity index (χ1v) is 7.79. The fraction of sp³-hybridized carbons (Fsp3) is 0.421. The second-order valence-corrected chi connectivity index (χ2v) is 6.16. The summed E-state index contributed by atoms with van der Waals surface area (Å²) in [6.45, 7) is 2.24. The first-order chi connectivity index (χ1) is 9.75. The van der Waals surface area contributed by atoms with E-state index in [1.54, 1.807) is 0 Å². The SMILES string of the molecule is Cc1cccc(CC2CCCC2)c1-c1cccc[n+]1C. The van der Waals surface area contributed by atoms with Crippen molar-refractivity contribution in [3.63, 3.8) is 0 Å². The topological polar surface area (TPSA) is 3.88 Å². The highest BCUT2D eigenvalue weighted by molar-refractivity contribution is 5.65. The van der Waals surface area contributed by atoms with Crippen molar-refractivity contribution < 1.29 is 4.57 Å². The Morgan fingerprint density at radius 3 is 2.60 bits per heavy atom. The third-order valence-corrected chi connectivity index (χ3v) is 4.65. The highest BCUT2D eigenvalue weighted by Crippen LogP contribution is 2.32. The number of pyridine rings is 1. The number of aryl methyl sites for hydroxylation is 2. The van der Waals surface area contributed by atoms with Gasteiger partial charge < -0.3 is 0 Å². The van der Waals surface area contributed by atoms with Crippen molar-refractivity contribution in [1.82, 2.24) is 0 Å². The number of rotatable bonds is 3. The Morgan fingerprint density at radius 1 is 1.05 bits per heavy atom. The summed E-state index contributed by atoms with van der Waals surface area (Å²) < 4.78 is 2.24. The van der Waals surface area contributed by atoms with Crippen LogP contribution in [0.4, 0.5) is 0 Å². The third-order valence-electron chi connectivity index (χ3n) is 4.65. The molecule has 1 heteroatoms. The van der Waals surface area contributed by atoms with E-state index in [9.17, 15) is 0 Å². The summed E-state index contributed by atoms with van der Waals surface area (Å²) in [6, 6.07) is 13.3. The standard InChI is InChI=1S/C19H24N/c1-15-8-7-11-17(14-16-9-3-4-10-16)19(15)18-12-5-6-13-20(18)2/h5-8,11-13,16H,3-4,9-10,14H2,1-2H3/q+1. The van der Waals surface area contributed by atoms with Crippen molar-refractivity contribution >= 4 is 0 Å². The second-order valence-electron chi connectivity index (χ2n) is 6.16. The smallest absolute Gasteiger partial charge is 0.201 e. The van der Waals surface area contributed by atoms with Crippen LogP contribution in [0.3, 0.4) is 0 Å². The van der Waals surface area contributed by atoms with Gasteiger partial charge in [-0.1, -0.05) is 43.9 Å². The Labute approximate surface area is 122 Å². The highest BCUT2D eigenvalue weighted by atomic mass is 14.9. The molecule has 2 aromatic rings. The van der Waals surface area contributed by atoms with Gasteiger partial charge in [0.05, 0.1) is 5.56 Å². The molecule has 0 amide bonds. The fourth-order valence-electron chi connectivity index (χ4n) is 3.57. The van der Waals surface area contributed by atoms with Gasteiger partial charge in [0.25, 0.3) is 0 Å².